The molecular weight excluding hydrogens is 364 g/mol. The van der Waals surface area contributed by atoms with Gasteiger partial charge in [-0.15, -0.1) is 11.6 Å². The first-order chi connectivity index (χ1) is 11.4. The van der Waals surface area contributed by atoms with Gasteiger partial charge in [0.2, 0.25) is 10.0 Å². The number of nitrogens with zero attached hydrogens (tertiary/aromatic N) is 2. The molecule has 24 heavy (non-hydrogen) atoms. The number of para-hydroxylation sites is 1. The monoisotopic (exact) mass is 382 g/mol. The van der Waals surface area contributed by atoms with Crippen molar-refractivity contribution in [3.63, 3.8) is 0 Å². The van der Waals surface area contributed by atoms with E-state index in [0.717, 1.165) is 34.1 Å². The number of alkyl halides is 1. The molecule has 1 aliphatic heterocycles. The molecule has 128 valence electrons. The summed E-state index contributed by atoms with van der Waals surface area (Å²) in [4.78, 5) is 4.61. The molecule has 0 fully saturated rings. The van der Waals surface area contributed by atoms with E-state index in [1.54, 1.807) is 38.0 Å². The van der Waals surface area contributed by atoms with Crippen molar-refractivity contribution in [3.8, 4) is 0 Å². The lowest BCUT2D eigenvalue weighted by Gasteiger charge is -2.33. The quantitative estimate of drug-likeness (QED) is 0.728. The lowest BCUT2D eigenvalue weighted by molar-refractivity contribution is 0.520. The van der Waals surface area contributed by atoms with Crippen LogP contribution in [0.4, 0.5) is 11.4 Å². The number of hydrogen-bond acceptors (Lipinski definition) is 4. The molecule has 0 spiro atoms. The molecule has 7 heteroatoms. The molecule has 0 saturated carbocycles. The third-order valence-electron chi connectivity index (χ3n) is 3.89. The molecule has 0 aliphatic carbocycles. The number of anilines is 2. The Morgan fingerprint density at radius 3 is 2.50 bits per heavy atom. The van der Waals surface area contributed by atoms with E-state index in [4.69, 9.17) is 11.6 Å². The minimum atomic E-state index is -3.44. The molecular formula is C17H19ClN2O2S2. The summed E-state index contributed by atoms with van der Waals surface area (Å²) in [5, 5.41) is 0. The topological polar surface area (TPSA) is 40.6 Å². The second kappa shape index (κ2) is 6.96. The normalized spacial score (nSPS) is 13.8. The number of sulfonamides is 1. The van der Waals surface area contributed by atoms with Crippen LogP contribution in [0.3, 0.4) is 0 Å². The number of benzene rings is 2. The molecule has 3 rings (SSSR count). The summed E-state index contributed by atoms with van der Waals surface area (Å²) < 4.78 is 26.0. The molecule has 4 nitrogen and oxygen atoms in total. The Labute approximate surface area is 152 Å². The first kappa shape index (κ1) is 17.6. The first-order valence-electron chi connectivity index (χ1n) is 7.62. The van der Waals surface area contributed by atoms with Gasteiger partial charge in [0.05, 0.1) is 16.3 Å². The van der Waals surface area contributed by atoms with E-state index < -0.39 is 10.0 Å². The van der Waals surface area contributed by atoms with Crippen molar-refractivity contribution in [2.45, 2.75) is 21.1 Å². The molecule has 0 bridgehead atoms. The third-order valence-corrected chi connectivity index (χ3v) is 7.08. The van der Waals surface area contributed by atoms with Gasteiger partial charge >= 0.3 is 0 Å². The second-order valence-corrected chi connectivity index (χ2v) is 9.29. The fourth-order valence-corrected chi connectivity index (χ4v) is 4.90. The van der Waals surface area contributed by atoms with Crippen molar-refractivity contribution >= 4 is 44.8 Å². The van der Waals surface area contributed by atoms with E-state index in [2.05, 4.69) is 17.0 Å². The van der Waals surface area contributed by atoms with Crippen LogP contribution in [0.25, 0.3) is 0 Å². The SMILES string of the molecule is CN(C)S(=O)(=O)c1ccc2c(c1)Sc1ccccc1N2CCCCl. The number of hydrogen-bond donors (Lipinski definition) is 0. The predicted molar refractivity (Wildman–Crippen MR) is 100 cm³/mol. The molecule has 1 heterocycles. The van der Waals surface area contributed by atoms with Gasteiger partial charge in [-0.1, -0.05) is 23.9 Å². The fraction of sp³-hybridized carbons (Fsp3) is 0.294. The number of halogens is 1. The zero-order valence-corrected chi connectivity index (χ0v) is 16.0. The van der Waals surface area contributed by atoms with Crippen LogP contribution in [0.15, 0.2) is 57.2 Å². The summed E-state index contributed by atoms with van der Waals surface area (Å²) in [6.45, 7) is 0.799. The van der Waals surface area contributed by atoms with Crippen LogP contribution in [-0.2, 0) is 10.0 Å². The highest BCUT2D eigenvalue weighted by Crippen LogP contribution is 2.48. The molecule has 0 amide bonds. The maximum absolute atomic E-state index is 12.4. The third kappa shape index (κ3) is 3.16. The van der Waals surface area contributed by atoms with Gasteiger partial charge in [0.1, 0.15) is 0 Å². The van der Waals surface area contributed by atoms with E-state index >= 15 is 0 Å². The van der Waals surface area contributed by atoms with E-state index in [9.17, 15) is 8.42 Å². The van der Waals surface area contributed by atoms with Gasteiger partial charge in [-0.3, -0.25) is 0 Å². The zero-order chi connectivity index (χ0) is 17.3. The maximum Gasteiger partial charge on any atom is 0.242 e. The molecule has 2 aromatic carbocycles. The summed E-state index contributed by atoms with van der Waals surface area (Å²) in [6.07, 6.45) is 0.859. The van der Waals surface area contributed by atoms with Crippen molar-refractivity contribution in [1.82, 2.24) is 4.31 Å². The Hall–Kier alpha value is -1.21. The summed E-state index contributed by atoms with van der Waals surface area (Å²) in [5.41, 5.74) is 2.17. The van der Waals surface area contributed by atoms with Crippen molar-refractivity contribution in [3.05, 3.63) is 42.5 Å². The number of fused-ring (bicyclic) bond motifs is 2. The molecule has 0 atom stereocenters. The number of rotatable bonds is 5. The van der Waals surface area contributed by atoms with E-state index in [1.807, 2.05) is 18.2 Å². The van der Waals surface area contributed by atoms with Gasteiger partial charge < -0.3 is 4.90 Å². The minimum Gasteiger partial charge on any atom is -0.340 e. The van der Waals surface area contributed by atoms with Gasteiger partial charge in [-0.2, -0.15) is 0 Å². The van der Waals surface area contributed by atoms with Crippen molar-refractivity contribution in [2.75, 3.05) is 31.4 Å². The Balaban J connectivity index is 2.08. The minimum absolute atomic E-state index is 0.315. The molecule has 0 N–H and O–H groups in total. The average molecular weight is 383 g/mol. The van der Waals surface area contributed by atoms with Crippen LogP contribution in [0.1, 0.15) is 6.42 Å². The summed E-state index contributed by atoms with van der Waals surface area (Å²) in [6, 6.07) is 13.5. The predicted octanol–water partition coefficient (Wildman–Crippen LogP) is 4.17. The van der Waals surface area contributed by atoms with Gasteiger partial charge in [0, 0.05) is 36.3 Å². The van der Waals surface area contributed by atoms with Gasteiger partial charge in [0.15, 0.2) is 0 Å². The Bertz CT molecular complexity index is 853. The highest BCUT2D eigenvalue weighted by Gasteiger charge is 2.26. The molecule has 0 aromatic heterocycles. The highest BCUT2D eigenvalue weighted by atomic mass is 35.5. The first-order valence-corrected chi connectivity index (χ1v) is 10.4. The van der Waals surface area contributed by atoms with E-state index in [0.29, 0.717) is 10.8 Å². The van der Waals surface area contributed by atoms with E-state index in [-0.39, 0.29) is 0 Å². The summed E-state index contributed by atoms with van der Waals surface area (Å²) in [7, 11) is -0.351. The van der Waals surface area contributed by atoms with Crippen molar-refractivity contribution < 1.29 is 8.42 Å². The Morgan fingerprint density at radius 2 is 1.79 bits per heavy atom. The molecule has 2 aromatic rings. The smallest absolute Gasteiger partial charge is 0.242 e. The maximum atomic E-state index is 12.4. The van der Waals surface area contributed by atoms with Gasteiger partial charge in [-0.05, 0) is 36.8 Å². The molecule has 0 saturated heterocycles. The largest absolute Gasteiger partial charge is 0.340 e. The van der Waals surface area contributed by atoms with Crippen LogP contribution in [-0.4, -0.2) is 39.2 Å². The molecule has 1 aliphatic rings. The van der Waals surface area contributed by atoms with Crippen molar-refractivity contribution in [1.29, 1.82) is 0 Å². The Kier molecular flexibility index (Phi) is 5.11. The zero-order valence-electron chi connectivity index (χ0n) is 13.6. The van der Waals surface area contributed by atoms with Gasteiger partial charge in [0.25, 0.3) is 0 Å². The average Bonchev–Trinajstić information content (AvgIpc) is 2.57. The standard InChI is InChI=1S/C17H19ClN2O2S2/c1-19(2)24(21,22)13-8-9-15-17(12-13)23-16-7-4-3-6-14(16)20(15)11-5-10-18/h3-4,6-9,12H,5,10-11H2,1-2H3. The van der Waals surface area contributed by atoms with Crippen LogP contribution in [0.5, 0.6) is 0 Å². The molecule has 0 radical (unpaired) electrons. The highest BCUT2D eigenvalue weighted by molar-refractivity contribution is 7.99. The van der Waals surface area contributed by atoms with Gasteiger partial charge in [-0.25, -0.2) is 12.7 Å². The van der Waals surface area contributed by atoms with Crippen LogP contribution < -0.4 is 4.90 Å². The summed E-state index contributed by atoms with van der Waals surface area (Å²) in [5.74, 6) is 0.592. The van der Waals surface area contributed by atoms with Crippen molar-refractivity contribution in [2.24, 2.45) is 0 Å². The van der Waals surface area contributed by atoms with Crippen LogP contribution >= 0.6 is 23.4 Å². The Morgan fingerprint density at radius 1 is 1.08 bits per heavy atom. The van der Waals surface area contributed by atoms with Crippen LogP contribution in [0, 0.1) is 0 Å². The lowest BCUT2D eigenvalue weighted by atomic mass is 10.2. The lowest BCUT2D eigenvalue weighted by Crippen LogP contribution is -2.24. The van der Waals surface area contributed by atoms with E-state index in [1.165, 1.54) is 4.31 Å². The fourth-order valence-electron chi connectivity index (χ4n) is 2.64. The molecule has 0 unspecified atom stereocenters. The second-order valence-electron chi connectivity index (χ2n) is 5.68. The summed E-state index contributed by atoms with van der Waals surface area (Å²) >= 11 is 7.48. The van der Waals surface area contributed by atoms with Crippen LogP contribution in [0.2, 0.25) is 0 Å².